The fraction of sp³-hybridized carbons (Fsp3) is 0.417. The lowest BCUT2D eigenvalue weighted by molar-refractivity contribution is -0.123. The quantitative estimate of drug-likeness (QED) is 0.824. The lowest BCUT2D eigenvalue weighted by atomic mass is 9.90. The number of rotatable bonds is 4. The lowest BCUT2D eigenvalue weighted by Crippen LogP contribution is -2.45. The van der Waals surface area contributed by atoms with Crippen LogP contribution in [0.2, 0.25) is 0 Å². The van der Waals surface area contributed by atoms with Crippen LogP contribution in [0.15, 0.2) is 24.3 Å². The summed E-state index contributed by atoms with van der Waals surface area (Å²) in [6, 6.07) is 6.05. The summed E-state index contributed by atoms with van der Waals surface area (Å²) in [5.41, 5.74) is 5.66. The van der Waals surface area contributed by atoms with Gasteiger partial charge >= 0.3 is 0 Å². The predicted molar refractivity (Wildman–Crippen MR) is 58.0 cm³/mol. The Bertz CT molecular complexity index is 360. The van der Waals surface area contributed by atoms with Crippen molar-refractivity contribution in [2.75, 3.05) is 0 Å². The normalized spacial score (nSPS) is 14.7. The summed E-state index contributed by atoms with van der Waals surface area (Å²) in [7, 11) is 0. The van der Waals surface area contributed by atoms with Crippen molar-refractivity contribution < 1.29 is 9.18 Å². The third-order valence-corrected chi connectivity index (χ3v) is 2.63. The van der Waals surface area contributed by atoms with E-state index in [1.807, 2.05) is 6.92 Å². The highest BCUT2D eigenvalue weighted by atomic mass is 19.1. The van der Waals surface area contributed by atoms with Crippen molar-refractivity contribution in [3.63, 3.8) is 0 Å². The molecule has 1 aromatic carbocycles. The number of carbonyl (C=O) groups is 1. The molecule has 1 aromatic rings. The van der Waals surface area contributed by atoms with Crippen LogP contribution in [0.4, 0.5) is 4.39 Å². The van der Waals surface area contributed by atoms with E-state index in [1.165, 1.54) is 12.1 Å². The molecule has 1 atom stereocenters. The van der Waals surface area contributed by atoms with E-state index < -0.39 is 5.54 Å². The Morgan fingerprint density at radius 1 is 1.53 bits per heavy atom. The zero-order valence-electron chi connectivity index (χ0n) is 9.09. The maximum Gasteiger partial charge on any atom is 0.156 e. The smallest absolute Gasteiger partial charge is 0.156 e. The number of hydrogen-bond donors (Lipinski definition) is 1. The van der Waals surface area contributed by atoms with Crippen molar-refractivity contribution >= 4 is 5.78 Å². The Morgan fingerprint density at radius 2 is 2.20 bits per heavy atom. The SMILES string of the molecule is CCC(C)(N)C(=O)Cc1cccc(F)c1. The molecule has 0 aliphatic rings. The molecular formula is C12H16FNO. The van der Waals surface area contributed by atoms with E-state index in [4.69, 9.17) is 5.73 Å². The average molecular weight is 209 g/mol. The van der Waals surface area contributed by atoms with Gasteiger partial charge in [-0.05, 0) is 31.0 Å². The number of halogens is 1. The molecule has 0 saturated carbocycles. The Balaban J connectivity index is 2.75. The van der Waals surface area contributed by atoms with Crippen molar-refractivity contribution in [3.05, 3.63) is 35.6 Å². The minimum atomic E-state index is -0.813. The van der Waals surface area contributed by atoms with E-state index in [0.717, 1.165) is 0 Å². The van der Waals surface area contributed by atoms with Gasteiger partial charge in [0.15, 0.2) is 5.78 Å². The molecule has 15 heavy (non-hydrogen) atoms. The fourth-order valence-corrected chi connectivity index (χ4v) is 1.23. The summed E-state index contributed by atoms with van der Waals surface area (Å²) in [5, 5.41) is 0. The molecule has 0 heterocycles. The molecule has 0 aromatic heterocycles. The van der Waals surface area contributed by atoms with E-state index in [1.54, 1.807) is 19.1 Å². The Kier molecular flexibility index (Phi) is 3.58. The lowest BCUT2D eigenvalue weighted by Gasteiger charge is -2.20. The summed E-state index contributed by atoms with van der Waals surface area (Å²) < 4.78 is 12.9. The minimum Gasteiger partial charge on any atom is -0.319 e. The monoisotopic (exact) mass is 209 g/mol. The van der Waals surface area contributed by atoms with Crippen molar-refractivity contribution in [3.8, 4) is 0 Å². The standard InChI is InChI=1S/C12H16FNO/c1-3-12(2,14)11(15)8-9-5-4-6-10(13)7-9/h4-7H,3,8,14H2,1-2H3. The van der Waals surface area contributed by atoms with Crippen molar-refractivity contribution in [2.24, 2.45) is 5.73 Å². The van der Waals surface area contributed by atoms with Crippen molar-refractivity contribution in [1.82, 2.24) is 0 Å². The molecule has 82 valence electrons. The van der Waals surface area contributed by atoms with Gasteiger partial charge in [-0.15, -0.1) is 0 Å². The molecule has 1 rings (SSSR count). The number of carbonyl (C=O) groups excluding carboxylic acids is 1. The van der Waals surface area contributed by atoms with Gasteiger partial charge in [0, 0.05) is 6.42 Å². The van der Waals surface area contributed by atoms with Crippen LogP contribution in [-0.4, -0.2) is 11.3 Å². The van der Waals surface area contributed by atoms with Crippen LogP contribution in [0.5, 0.6) is 0 Å². The van der Waals surface area contributed by atoms with Gasteiger partial charge in [0.1, 0.15) is 5.82 Å². The van der Waals surface area contributed by atoms with E-state index in [2.05, 4.69) is 0 Å². The highest BCUT2D eigenvalue weighted by Gasteiger charge is 2.25. The first-order valence-corrected chi connectivity index (χ1v) is 5.02. The third kappa shape index (κ3) is 3.13. The van der Waals surface area contributed by atoms with Crippen LogP contribution >= 0.6 is 0 Å². The summed E-state index contributed by atoms with van der Waals surface area (Å²) in [6.45, 7) is 3.57. The summed E-state index contributed by atoms with van der Waals surface area (Å²) in [6.07, 6.45) is 0.778. The second-order valence-electron chi connectivity index (χ2n) is 4.00. The van der Waals surface area contributed by atoms with Crippen LogP contribution in [0.1, 0.15) is 25.8 Å². The average Bonchev–Trinajstić information content (AvgIpc) is 2.17. The highest BCUT2D eigenvalue weighted by Crippen LogP contribution is 2.12. The Hall–Kier alpha value is -1.22. The topological polar surface area (TPSA) is 43.1 Å². The molecule has 0 aliphatic heterocycles. The molecule has 0 aliphatic carbocycles. The Morgan fingerprint density at radius 3 is 2.73 bits per heavy atom. The molecule has 0 fully saturated rings. The molecule has 2 N–H and O–H groups in total. The molecule has 0 spiro atoms. The van der Waals surface area contributed by atoms with Gasteiger partial charge in [0.25, 0.3) is 0 Å². The number of ketones is 1. The van der Waals surface area contributed by atoms with Gasteiger partial charge in [0.2, 0.25) is 0 Å². The maximum atomic E-state index is 12.9. The van der Waals surface area contributed by atoms with E-state index in [-0.39, 0.29) is 18.0 Å². The van der Waals surface area contributed by atoms with Gasteiger partial charge in [-0.2, -0.15) is 0 Å². The third-order valence-electron chi connectivity index (χ3n) is 2.63. The van der Waals surface area contributed by atoms with Crippen LogP contribution in [0.3, 0.4) is 0 Å². The van der Waals surface area contributed by atoms with Crippen LogP contribution in [-0.2, 0) is 11.2 Å². The van der Waals surface area contributed by atoms with E-state index >= 15 is 0 Å². The summed E-state index contributed by atoms with van der Waals surface area (Å²) >= 11 is 0. The Labute approximate surface area is 89.3 Å². The summed E-state index contributed by atoms with van der Waals surface area (Å²) in [5.74, 6) is -0.383. The molecular weight excluding hydrogens is 193 g/mol. The molecule has 0 saturated heterocycles. The van der Waals surface area contributed by atoms with Gasteiger partial charge in [-0.3, -0.25) is 4.79 Å². The first kappa shape index (κ1) is 11.9. The molecule has 0 radical (unpaired) electrons. The minimum absolute atomic E-state index is 0.0596. The van der Waals surface area contributed by atoms with Gasteiger partial charge in [-0.25, -0.2) is 4.39 Å². The van der Waals surface area contributed by atoms with Gasteiger partial charge in [0.05, 0.1) is 5.54 Å². The number of nitrogens with two attached hydrogens (primary N) is 1. The molecule has 2 nitrogen and oxygen atoms in total. The van der Waals surface area contributed by atoms with Crippen LogP contribution in [0.25, 0.3) is 0 Å². The first-order chi connectivity index (χ1) is 6.95. The zero-order chi connectivity index (χ0) is 11.5. The largest absolute Gasteiger partial charge is 0.319 e. The van der Waals surface area contributed by atoms with Gasteiger partial charge in [-0.1, -0.05) is 19.1 Å². The number of Topliss-reactive ketones (excluding diaryl/α,β-unsaturated/α-hetero) is 1. The predicted octanol–water partition coefficient (Wildman–Crippen LogP) is 2.06. The maximum absolute atomic E-state index is 12.9. The number of benzene rings is 1. The van der Waals surface area contributed by atoms with E-state index in [0.29, 0.717) is 12.0 Å². The molecule has 3 heteroatoms. The zero-order valence-corrected chi connectivity index (χ0v) is 9.09. The van der Waals surface area contributed by atoms with Gasteiger partial charge < -0.3 is 5.73 Å². The molecule has 0 amide bonds. The highest BCUT2D eigenvalue weighted by molar-refractivity contribution is 5.89. The second-order valence-corrected chi connectivity index (χ2v) is 4.00. The van der Waals surface area contributed by atoms with Crippen LogP contribution < -0.4 is 5.73 Å². The van der Waals surface area contributed by atoms with Crippen LogP contribution in [0, 0.1) is 5.82 Å². The second kappa shape index (κ2) is 4.53. The van der Waals surface area contributed by atoms with Crippen molar-refractivity contribution in [1.29, 1.82) is 0 Å². The fourth-order valence-electron chi connectivity index (χ4n) is 1.23. The summed E-state index contributed by atoms with van der Waals surface area (Å²) in [4.78, 5) is 11.7. The first-order valence-electron chi connectivity index (χ1n) is 5.02. The van der Waals surface area contributed by atoms with E-state index in [9.17, 15) is 9.18 Å². The van der Waals surface area contributed by atoms with Crippen molar-refractivity contribution in [2.45, 2.75) is 32.2 Å². The number of hydrogen-bond acceptors (Lipinski definition) is 2. The molecule has 0 bridgehead atoms. The molecule has 1 unspecified atom stereocenters.